The molecule has 0 aliphatic carbocycles. The highest BCUT2D eigenvalue weighted by molar-refractivity contribution is 7.86. The largest absolute Gasteiger partial charge is 0.453 e. The second-order valence-electron chi connectivity index (χ2n) is 10.5. The predicted molar refractivity (Wildman–Crippen MR) is 157 cm³/mol. The van der Waals surface area contributed by atoms with Gasteiger partial charge in [-0.3, -0.25) is 13.3 Å². The van der Waals surface area contributed by atoms with E-state index in [9.17, 15) is 22.3 Å². The van der Waals surface area contributed by atoms with Crippen molar-refractivity contribution in [3.8, 4) is 0 Å². The Labute approximate surface area is 250 Å². The first-order valence-corrected chi connectivity index (χ1v) is 18.8. The molecule has 42 heavy (non-hydrogen) atoms. The molecule has 0 spiro atoms. The van der Waals surface area contributed by atoms with E-state index in [1.165, 1.54) is 12.1 Å². The van der Waals surface area contributed by atoms with Crippen LogP contribution >= 0.6 is 15.2 Å². The van der Waals surface area contributed by atoms with Crippen molar-refractivity contribution >= 4 is 31.3 Å². The summed E-state index contributed by atoms with van der Waals surface area (Å²) in [5.74, 6) is -0.803. The molecule has 0 N–H and O–H groups in total. The minimum atomic E-state index is -4.12. The molecule has 1 rings (SSSR count). The topological polar surface area (TPSA) is 159 Å². The van der Waals surface area contributed by atoms with E-state index in [1.54, 1.807) is 73.6 Å². The van der Waals surface area contributed by atoms with Gasteiger partial charge in [-0.2, -0.15) is 8.42 Å². The van der Waals surface area contributed by atoms with E-state index in [0.29, 0.717) is 0 Å². The van der Waals surface area contributed by atoms with Crippen molar-refractivity contribution in [2.75, 3.05) is 32.2 Å². The van der Waals surface area contributed by atoms with Crippen LogP contribution in [0, 0.1) is 0 Å². The molecule has 16 heteroatoms. The molecular weight excluding hydrogens is 614 g/mol. The van der Waals surface area contributed by atoms with Gasteiger partial charge in [-0.25, -0.2) is 4.79 Å². The molecule has 0 aliphatic heterocycles. The number of hydrogen-bond donors (Lipinski definition) is 0. The first-order chi connectivity index (χ1) is 19.3. The molecule has 244 valence electrons. The minimum absolute atomic E-state index is 0.179. The van der Waals surface area contributed by atoms with Crippen molar-refractivity contribution < 1.29 is 58.8 Å². The highest BCUT2D eigenvalue weighted by atomic mass is 32.2. The normalized spacial score (nSPS) is 14.6. The van der Waals surface area contributed by atoms with Crippen molar-refractivity contribution in [3.63, 3.8) is 0 Å². The third-order valence-electron chi connectivity index (χ3n) is 4.53. The predicted octanol–water partition coefficient (Wildman–Crippen LogP) is 5.59. The van der Waals surface area contributed by atoms with E-state index in [0.717, 1.165) is 6.26 Å². The number of rotatable bonds is 21. The maximum absolute atomic E-state index is 13.2. The number of esters is 1. The zero-order valence-electron chi connectivity index (χ0n) is 25.8. The fourth-order valence-electron chi connectivity index (χ4n) is 3.44. The summed E-state index contributed by atoms with van der Waals surface area (Å²) in [5, 5.41) is 0. The summed E-state index contributed by atoms with van der Waals surface area (Å²) in [6.07, 6.45) is -4.90. The lowest BCUT2D eigenvalue weighted by Crippen LogP contribution is -2.42. The third-order valence-corrected chi connectivity index (χ3v) is 9.10. The molecule has 1 aromatic carbocycles. The van der Waals surface area contributed by atoms with E-state index in [-0.39, 0.29) is 5.56 Å². The van der Waals surface area contributed by atoms with E-state index in [2.05, 4.69) is 0 Å². The Morgan fingerprint density at radius 1 is 0.690 bits per heavy atom. The Morgan fingerprint density at radius 2 is 1.07 bits per heavy atom. The Hall–Kier alpha value is -1.18. The summed E-state index contributed by atoms with van der Waals surface area (Å²) in [5.41, 5.74) is 0.179. The van der Waals surface area contributed by atoms with Crippen molar-refractivity contribution in [1.82, 2.24) is 0 Å². The molecule has 0 aromatic heterocycles. The van der Waals surface area contributed by atoms with Crippen molar-refractivity contribution in [3.05, 3.63) is 35.9 Å². The van der Waals surface area contributed by atoms with Crippen molar-refractivity contribution in [1.29, 1.82) is 0 Å². The molecular formula is C26H46O13P2S. The molecule has 1 aromatic rings. The van der Waals surface area contributed by atoms with E-state index < -0.39 is 93.8 Å². The molecule has 0 unspecified atom stereocenters. The van der Waals surface area contributed by atoms with Gasteiger partial charge in [-0.15, -0.1) is 0 Å². The highest BCUT2D eigenvalue weighted by Gasteiger charge is 2.35. The zero-order valence-corrected chi connectivity index (χ0v) is 28.4. The van der Waals surface area contributed by atoms with Gasteiger partial charge in [0.15, 0.2) is 6.10 Å². The van der Waals surface area contributed by atoms with E-state index in [4.69, 9.17) is 36.5 Å². The van der Waals surface area contributed by atoms with Crippen molar-refractivity contribution in [2.24, 2.45) is 0 Å². The molecule has 0 fully saturated rings. The number of carbonyl (C=O) groups is 1. The van der Waals surface area contributed by atoms with Gasteiger partial charge in [0, 0.05) is 0 Å². The summed E-state index contributed by atoms with van der Waals surface area (Å²) in [4.78, 5) is 12.9. The zero-order chi connectivity index (χ0) is 32.1. The summed E-state index contributed by atoms with van der Waals surface area (Å²) >= 11 is 0. The fourth-order valence-corrected chi connectivity index (χ4v) is 7.64. The minimum Gasteiger partial charge on any atom is -0.453 e. The molecule has 2 atom stereocenters. The summed E-state index contributed by atoms with van der Waals surface area (Å²) < 4.78 is 94.7. The van der Waals surface area contributed by atoms with Gasteiger partial charge in [0.05, 0.1) is 49.4 Å². The lowest BCUT2D eigenvalue weighted by atomic mass is 10.2. The van der Waals surface area contributed by atoms with Gasteiger partial charge in [0.25, 0.3) is 10.1 Å². The Bertz CT molecular complexity index is 1110. The van der Waals surface area contributed by atoms with Crippen LogP contribution in [0.5, 0.6) is 0 Å². The van der Waals surface area contributed by atoms with Crippen molar-refractivity contribution in [2.45, 2.75) is 92.0 Å². The van der Waals surface area contributed by atoms with Gasteiger partial charge < -0.3 is 32.3 Å². The maximum atomic E-state index is 13.2. The second-order valence-corrected chi connectivity index (χ2v) is 15.9. The number of ether oxygens (including phenoxy) is 3. The average Bonchev–Trinajstić information content (AvgIpc) is 2.80. The van der Waals surface area contributed by atoms with E-state index >= 15 is 0 Å². The molecule has 0 saturated heterocycles. The highest BCUT2D eigenvalue weighted by Crippen LogP contribution is 2.51. The SMILES string of the molecule is CC(C)OP(=O)(COC[C@@H](OC(=O)c1ccccc1)[C@@H](COCP(=O)(OC(C)C)OC(C)C)OS(C)(=O)=O)OC(C)C. The van der Waals surface area contributed by atoms with E-state index in [1.807, 2.05) is 0 Å². The molecule has 13 nitrogen and oxygen atoms in total. The monoisotopic (exact) mass is 660 g/mol. The Balaban J connectivity index is 3.25. The van der Waals surface area contributed by atoms with Crippen LogP contribution in [0.3, 0.4) is 0 Å². The number of carbonyl (C=O) groups excluding carboxylic acids is 1. The summed E-state index contributed by atoms with van der Waals surface area (Å²) in [7, 11) is -11.6. The maximum Gasteiger partial charge on any atom is 0.356 e. The number of hydrogen-bond acceptors (Lipinski definition) is 13. The standard InChI is InChI=1S/C26H46O13P2S/c1-19(2)35-40(28,36-20(3)4)17-32-15-24(34-26(27)23-13-11-10-12-14-23)25(39-42(9,30)31)16-33-18-41(29,37-21(5)6)38-22(7)8/h10-14,19-22,24-25H,15-18H2,1-9H3/t24-,25-/m1/s1. The van der Waals surface area contributed by atoms with Gasteiger partial charge in [0.1, 0.15) is 18.8 Å². The quantitative estimate of drug-likeness (QED) is 0.0913. The van der Waals surface area contributed by atoms with Crippen LogP contribution in [-0.2, 0) is 55.7 Å². The molecule has 0 saturated carbocycles. The smallest absolute Gasteiger partial charge is 0.356 e. The Kier molecular flexibility index (Phi) is 16.6. The van der Waals surface area contributed by atoms with Gasteiger partial charge >= 0.3 is 21.2 Å². The molecule has 0 heterocycles. The molecule has 0 bridgehead atoms. The molecule has 0 aliphatic rings. The van der Waals surface area contributed by atoms with Gasteiger partial charge in [-0.05, 0) is 67.5 Å². The van der Waals surface area contributed by atoms with Crippen LogP contribution in [0.1, 0.15) is 65.7 Å². The average molecular weight is 661 g/mol. The van der Waals surface area contributed by atoms with Crippen LogP contribution in [0.25, 0.3) is 0 Å². The van der Waals surface area contributed by atoms with Gasteiger partial charge in [-0.1, -0.05) is 18.2 Å². The summed E-state index contributed by atoms with van der Waals surface area (Å²) in [6, 6.07) is 7.97. The first-order valence-electron chi connectivity index (χ1n) is 13.5. The third kappa shape index (κ3) is 16.6. The van der Waals surface area contributed by atoms with Gasteiger partial charge in [0.2, 0.25) is 0 Å². The Morgan fingerprint density at radius 3 is 1.43 bits per heavy atom. The van der Waals surface area contributed by atoms with Crippen LogP contribution in [0.4, 0.5) is 0 Å². The molecule has 0 radical (unpaired) electrons. The fraction of sp³-hybridized carbons (Fsp3) is 0.731. The first kappa shape index (κ1) is 38.8. The lowest BCUT2D eigenvalue weighted by Gasteiger charge is -2.28. The lowest BCUT2D eigenvalue weighted by molar-refractivity contribution is -0.0648. The van der Waals surface area contributed by atoms with Crippen LogP contribution in [0.2, 0.25) is 0 Å². The number of benzene rings is 1. The van der Waals surface area contributed by atoms with Crippen LogP contribution in [0.15, 0.2) is 30.3 Å². The summed E-state index contributed by atoms with van der Waals surface area (Å²) in [6.45, 7) is 12.4. The second kappa shape index (κ2) is 17.9. The van der Waals surface area contributed by atoms with Crippen LogP contribution < -0.4 is 0 Å². The van der Waals surface area contributed by atoms with Crippen LogP contribution in [-0.4, -0.2) is 83.2 Å². The molecule has 0 amide bonds.